The number of carbonyl (C=O) groups is 2. The van der Waals surface area contributed by atoms with Gasteiger partial charge in [-0.2, -0.15) is 0 Å². The highest BCUT2D eigenvalue weighted by Crippen LogP contribution is 2.12. The van der Waals surface area contributed by atoms with Crippen molar-refractivity contribution in [3.8, 4) is 0 Å². The summed E-state index contributed by atoms with van der Waals surface area (Å²) in [5, 5.41) is 5.58. The first-order valence-corrected chi connectivity index (χ1v) is 9.32. The zero-order chi connectivity index (χ0) is 21.1. The molecule has 0 saturated heterocycles. The van der Waals surface area contributed by atoms with Crippen LogP contribution in [0.3, 0.4) is 0 Å². The van der Waals surface area contributed by atoms with Gasteiger partial charge in [0.15, 0.2) is 0 Å². The average Bonchev–Trinajstić information content (AvgIpc) is 3.42. The molecule has 7 nitrogen and oxygen atoms in total. The van der Waals surface area contributed by atoms with Gasteiger partial charge in [0, 0.05) is 24.8 Å². The van der Waals surface area contributed by atoms with Crippen molar-refractivity contribution in [3.63, 3.8) is 0 Å². The first-order chi connectivity index (χ1) is 14.5. The smallest absolute Gasteiger partial charge is 0.271 e. The van der Waals surface area contributed by atoms with E-state index in [1.165, 1.54) is 18.5 Å². The summed E-state index contributed by atoms with van der Waals surface area (Å²) in [5.74, 6) is -0.970. The fraction of sp³-hybridized carbons (Fsp3) is 0.136. The predicted molar refractivity (Wildman–Crippen MR) is 107 cm³/mol. The number of rotatable bonds is 6. The highest BCUT2D eigenvalue weighted by Gasteiger charge is 2.15. The molecule has 152 valence electrons. The van der Waals surface area contributed by atoms with E-state index < -0.39 is 0 Å². The van der Waals surface area contributed by atoms with Crippen molar-refractivity contribution in [1.82, 2.24) is 20.0 Å². The van der Waals surface area contributed by atoms with E-state index in [0.29, 0.717) is 23.4 Å². The lowest BCUT2D eigenvalue weighted by molar-refractivity contribution is 0.0935. The van der Waals surface area contributed by atoms with Gasteiger partial charge in [0.2, 0.25) is 0 Å². The quantitative estimate of drug-likeness (QED) is 0.515. The summed E-state index contributed by atoms with van der Waals surface area (Å²) in [6.45, 7) is 2.23. The molecular formula is C22H19FN4O3. The van der Waals surface area contributed by atoms with E-state index in [1.54, 1.807) is 54.0 Å². The van der Waals surface area contributed by atoms with Crippen molar-refractivity contribution in [2.24, 2.45) is 0 Å². The molecule has 0 bridgehead atoms. The molecule has 0 saturated carbocycles. The van der Waals surface area contributed by atoms with Crippen molar-refractivity contribution >= 4 is 17.5 Å². The zero-order valence-electron chi connectivity index (χ0n) is 16.2. The molecule has 3 heterocycles. The summed E-state index contributed by atoms with van der Waals surface area (Å²) < 4.78 is 19.9. The minimum Gasteiger partial charge on any atom is -0.472 e. The highest BCUT2D eigenvalue weighted by molar-refractivity contribution is 5.95. The van der Waals surface area contributed by atoms with Crippen LogP contribution in [0.5, 0.6) is 0 Å². The van der Waals surface area contributed by atoms with Crippen LogP contribution < -0.4 is 10.6 Å². The Morgan fingerprint density at radius 1 is 1.07 bits per heavy atom. The van der Waals surface area contributed by atoms with Crippen LogP contribution in [0.25, 0.3) is 5.65 Å². The van der Waals surface area contributed by atoms with Crippen molar-refractivity contribution in [2.45, 2.75) is 20.0 Å². The molecule has 1 aromatic carbocycles. The second-order valence-corrected chi connectivity index (χ2v) is 6.85. The lowest BCUT2D eigenvalue weighted by Crippen LogP contribution is -2.24. The second kappa shape index (κ2) is 8.20. The minimum absolute atomic E-state index is 0.184. The number of furan rings is 1. The molecule has 4 aromatic rings. The van der Waals surface area contributed by atoms with Crippen molar-refractivity contribution in [3.05, 3.63) is 95.1 Å². The van der Waals surface area contributed by atoms with Crippen LogP contribution in [0, 0.1) is 12.7 Å². The Hall–Kier alpha value is -3.94. The molecule has 0 aliphatic rings. The summed E-state index contributed by atoms with van der Waals surface area (Å²) >= 11 is 0. The number of pyridine rings is 1. The average molecular weight is 406 g/mol. The van der Waals surface area contributed by atoms with Gasteiger partial charge in [-0.1, -0.05) is 18.2 Å². The van der Waals surface area contributed by atoms with Gasteiger partial charge in [-0.25, -0.2) is 9.37 Å². The number of amides is 2. The molecule has 0 aliphatic heterocycles. The van der Waals surface area contributed by atoms with Crippen LogP contribution in [-0.4, -0.2) is 21.2 Å². The predicted octanol–water partition coefficient (Wildman–Crippen LogP) is 3.23. The Morgan fingerprint density at radius 3 is 2.63 bits per heavy atom. The third-order valence-electron chi connectivity index (χ3n) is 4.67. The number of benzene rings is 1. The molecule has 0 aliphatic carbocycles. The largest absolute Gasteiger partial charge is 0.472 e. The molecule has 0 fully saturated rings. The molecule has 2 N–H and O–H groups in total. The number of aryl methyl sites for hydroxylation is 1. The summed E-state index contributed by atoms with van der Waals surface area (Å²) in [4.78, 5) is 29.4. The van der Waals surface area contributed by atoms with E-state index in [2.05, 4.69) is 15.6 Å². The molecular weight excluding hydrogens is 387 g/mol. The van der Waals surface area contributed by atoms with Crippen LogP contribution in [0.2, 0.25) is 0 Å². The topological polar surface area (TPSA) is 88.6 Å². The first kappa shape index (κ1) is 19.4. The van der Waals surface area contributed by atoms with Crippen LogP contribution in [-0.2, 0) is 13.1 Å². The second-order valence-electron chi connectivity index (χ2n) is 6.85. The van der Waals surface area contributed by atoms with Crippen LogP contribution in [0.4, 0.5) is 4.39 Å². The summed E-state index contributed by atoms with van der Waals surface area (Å²) in [6.07, 6.45) is 4.62. The maximum absolute atomic E-state index is 13.4. The first-order valence-electron chi connectivity index (χ1n) is 9.32. The van der Waals surface area contributed by atoms with Gasteiger partial charge in [0.05, 0.1) is 12.5 Å². The van der Waals surface area contributed by atoms with Crippen molar-refractivity contribution in [1.29, 1.82) is 0 Å². The Bertz CT molecular complexity index is 1210. The van der Waals surface area contributed by atoms with Gasteiger partial charge >= 0.3 is 0 Å². The molecule has 2 amide bonds. The van der Waals surface area contributed by atoms with Gasteiger partial charge < -0.3 is 15.1 Å². The number of hydrogen-bond donors (Lipinski definition) is 2. The highest BCUT2D eigenvalue weighted by atomic mass is 19.1. The molecule has 0 spiro atoms. The lowest BCUT2D eigenvalue weighted by Gasteiger charge is -2.06. The number of halogens is 1. The Kier molecular flexibility index (Phi) is 5.30. The number of carbonyl (C=O) groups excluding carboxylic acids is 2. The Labute approximate surface area is 171 Å². The molecule has 3 aromatic heterocycles. The summed E-state index contributed by atoms with van der Waals surface area (Å²) in [7, 11) is 0. The number of nitrogens with one attached hydrogen (secondary N) is 2. The normalized spacial score (nSPS) is 10.9. The zero-order valence-corrected chi connectivity index (χ0v) is 16.2. The standard InChI is InChI=1S/C22H19FN4O3/c1-14-9-15(5-6-17(14)23)10-24-21(28)18-12-27-19(3-2-4-20(27)26-18)22(29)25-11-16-7-8-30-13-16/h2-9,12-13H,10-11H2,1H3,(H,24,28)(H,25,29). The van der Waals surface area contributed by atoms with E-state index in [-0.39, 0.29) is 29.9 Å². The number of fused-ring (bicyclic) bond motifs is 1. The van der Waals surface area contributed by atoms with E-state index in [9.17, 15) is 14.0 Å². The molecule has 8 heteroatoms. The van der Waals surface area contributed by atoms with Gasteiger partial charge in [-0.05, 0) is 42.3 Å². The number of hydrogen-bond acceptors (Lipinski definition) is 4. The Balaban J connectivity index is 1.48. The van der Waals surface area contributed by atoms with Crippen LogP contribution >= 0.6 is 0 Å². The SMILES string of the molecule is Cc1cc(CNC(=O)c2cn3c(C(=O)NCc4ccoc4)cccc3n2)ccc1F. The molecule has 30 heavy (non-hydrogen) atoms. The third-order valence-corrected chi connectivity index (χ3v) is 4.67. The van der Waals surface area contributed by atoms with Gasteiger partial charge in [-0.3, -0.25) is 14.0 Å². The lowest BCUT2D eigenvalue weighted by atomic mass is 10.1. The van der Waals surface area contributed by atoms with E-state index in [4.69, 9.17) is 4.42 Å². The van der Waals surface area contributed by atoms with Crippen LogP contribution in [0.15, 0.2) is 65.6 Å². The summed E-state index contributed by atoms with van der Waals surface area (Å²) in [6, 6.07) is 11.5. The molecule has 0 radical (unpaired) electrons. The van der Waals surface area contributed by atoms with Crippen molar-refractivity contribution < 1.29 is 18.4 Å². The van der Waals surface area contributed by atoms with Gasteiger partial charge in [-0.15, -0.1) is 0 Å². The maximum Gasteiger partial charge on any atom is 0.271 e. The van der Waals surface area contributed by atoms with Crippen LogP contribution in [0.1, 0.15) is 37.7 Å². The fourth-order valence-electron chi connectivity index (χ4n) is 3.06. The van der Waals surface area contributed by atoms with E-state index in [0.717, 1.165) is 11.1 Å². The number of nitrogens with zero attached hydrogens (tertiary/aromatic N) is 2. The minimum atomic E-state index is -0.384. The number of aromatic nitrogens is 2. The molecule has 4 rings (SSSR count). The summed E-state index contributed by atoms with van der Waals surface area (Å²) in [5.41, 5.74) is 3.16. The molecule has 0 atom stereocenters. The fourth-order valence-corrected chi connectivity index (χ4v) is 3.06. The van der Waals surface area contributed by atoms with Crippen molar-refractivity contribution in [2.75, 3.05) is 0 Å². The monoisotopic (exact) mass is 406 g/mol. The number of imidazole rings is 1. The van der Waals surface area contributed by atoms with E-state index >= 15 is 0 Å². The Morgan fingerprint density at radius 2 is 1.87 bits per heavy atom. The third kappa shape index (κ3) is 4.07. The van der Waals surface area contributed by atoms with Gasteiger partial charge in [0.1, 0.15) is 22.9 Å². The van der Waals surface area contributed by atoms with E-state index in [1.807, 2.05) is 0 Å². The molecule has 0 unspecified atom stereocenters. The maximum atomic E-state index is 13.4. The van der Waals surface area contributed by atoms with Gasteiger partial charge in [0.25, 0.3) is 11.8 Å².